The van der Waals surface area contributed by atoms with Gasteiger partial charge in [0, 0.05) is 18.2 Å². The number of ether oxygens (including phenoxy) is 1. The average Bonchev–Trinajstić information content (AvgIpc) is 2.43. The first-order chi connectivity index (χ1) is 9.60. The third-order valence-corrected chi connectivity index (χ3v) is 2.87. The smallest absolute Gasteiger partial charge is 0.223 e. The molecule has 6 heteroatoms. The Balaban J connectivity index is 2.25. The van der Waals surface area contributed by atoms with Crippen LogP contribution in [0.3, 0.4) is 0 Å². The summed E-state index contributed by atoms with van der Waals surface area (Å²) in [5.41, 5.74) is 0.558. The summed E-state index contributed by atoms with van der Waals surface area (Å²) in [6.45, 7) is 3.07. The first kappa shape index (κ1) is 14.7. The van der Waals surface area contributed by atoms with E-state index in [2.05, 4.69) is 10.3 Å². The second kappa shape index (κ2) is 6.63. The lowest BCUT2D eigenvalue weighted by molar-refractivity contribution is 0.445. The number of nitrogens with one attached hydrogen (secondary N) is 1. The van der Waals surface area contributed by atoms with Crippen LogP contribution in [-0.2, 0) is 6.54 Å². The highest BCUT2D eigenvalue weighted by atomic mass is 35.5. The van der Waals surface area contributed by atoms with Crippen LogP contribution in [0.2, 0.25) is 5.02 Å². The molecule has 0 saturated carbocycles. The van der Waals surface area contributed by atoms with Crippen LogP contribution in [0, 0.1) is 11.6 Å². The van der Waals surface area contributed by atoms with Crippen molar-refractivity contribution in [2.45, 2.75) is 13.5 Å². The lowest BCUT2D eigenvalue weighted by atomic mass is 10.2. The van der Waals surface area contributed by atoms with Crippen LogP contribution in [0.25, 0.3) is 0 Å². The summed E-state index contributed by atoms with van der Waals surface area (Å²) in [5.74, 6) is -0.551. The maximum absolute atomic E-state index is 13.3. The number of hydrogen-bond donors (Lipinski definition) is 1. The van der Waals surface area contributed by atoms with E-state index in [1.54, 1.807) is 0 Å². The molecule has 0 unspecified atom stereocenters. The standard InChI is InChI=1S/C14H13ClF2N2O/c1-2-18-7-9-5-10(16)8-19-14(9)20-11-3-4-12(15)13(17)6-11/h3-6,8,18H,2,7H2,1H3. The molecule has 20 heavy (non-hydrogen) atoms. The molecule has 0 spiro atoms. The molecular formula is C14H13ClF2N2O. The summed E-state index contributed by atoms with van der Waals surface area (Å²) in [6.07, 6.45) is 1.05. The number of benzene rings is 1. The van der Waals surface area contributed by atoms with E-state index < -0.39 is 11.6 Å². The minimum atomic E-state index is -0.584. The lowest BCUT2D eigenvalue weighted by Gasteiger charge is -2.10. The zero-order chi connectivity index (χ0) is 14.5. The van der Waals surface area contributed by atoms with Crippen LogP contribution >= 0.6 is 11.6 Å². The van der Waals surface area contributed by atoms with Crippen molar-refractivity contribution in [3.8, 4) is 11.6 Å². The van der Waals surface area contributed by atoms with Gasteiger partial charge in [0.1, 0.15) is 17.4 Å². The number of aromatic nitrogens is 1. The van der Waals surface area contributed by atoms with E-state index in [-0.39, 0.29) is 16.7 Å². The van der Waals surface area contributed by atoms with Crippen molar-refractivity contribution >= 4 is 11.6 Å². The molecular weight excluding hydrogens is 286 g/mol. The van der Waals surface area contributed by atoms with Gasteiger partial charge in [0.15, 0.2) is 0 Å². The Bertz CT molecular complexity index is 608. The monoisotopic (exact) mass is 298 g/mol. The third kappa shape index (κ3) is 3.65. The molecule has 1 N–H and O–H groups in total. The number of rotatable bonds is 5. The highest BCUT2D eigenvalue weighted by Gasteiger charge is 2.09. The molecule has 2 rings (SSSR count). The molecule has 0 aliphatic carbocycles. The topological polar surface area (TPSA) is 34.2 Å². The van der Waals surface area contributed by atoms with Gasteiger partial charge in [0.25, 0.3) is 0 Å². The van der Waals surface area contributed by atoms with E-state index in [0.29, 0.717) is 12.1 Å². The molecule has 1 aromatic carbocycles. The summed E-state index contributed by atoms with van der Waals surface area (Å²) in [7, 11) is 0. The second-order valence-electron chi connectivity index (χ2n) is 4.08. The summed E-state index contributed by atoms with van der Waals surface area (Å²) in [5, 5.41) is 3.07. The fourth-order valence-corrected chi connectivity index (χ4v) is 1.72. The minimum Gasteiger partial charge on any atom is -0.439 e. The van der Waals surface area contributed by atoms with Crippen molar-refractivity contribution in [1.82, 2.24) is 10.3 Å². The van der Waals surface area contributed by atoms with Crippen LogP contribution in [0.15, 0.2) is 30.5 Å². The van der Waals surface area contributed by atoms with Gasteiger partial charge in [-0.2, -0.15) is 0 Å². The second-order valence-corrected chi connectivity index (χ2v) is 4.48. The van der Waals surface area contributed by atoms with Gasteiger partial charge in [-0.25, -0.2) is 13.8 Å². The molecule has 3 nitrogen and oxygen atoms in total. The fourth-order valence-electron chi connectivity index (χ4n) is 1.60. The molecule has 0 atom stereocenters. The maximum atomic E-state index is 13.3. The van der Waals surface area contributed by atoms with Gasteiger partial charge in [-0.15, -0.1) is 0 Å². The first-order valence-corrected chi connectivity index (χ1v) is 6.46. The Kier molecular flexibility index (Phi) is 4.87. The van der Waals surface area contributed by atoms with Crippen molar-refractivity contribution in [2.24, 2.45) is 0 Å². The SMILES string of the molecule is CCNCc1cc(F)cnc1Oc1ccc(Cl)c(F)c1. The van der Waals surface area contributed by atoms with Crippen LogP contribution < -0.4 is 10.1 Å². The average molecular weight is 299 g/mol. The molecule has 1 aromatic heterocycles. The lowest BCUT2D eigenvalue weighted by Crippen LogP contribution is -2.13. The Morgan fingerprint density at radius 1 is 1.30 bits per heavy atom. The Morgan fingerprint density at radius 2 is 2.10 bits per heavy atom. The molecule has 0 fully saturated rings. The van der Waals surface area contributed by atoms with Crippen LogP contribution in [0.1, 0.15) is 12.5 Å². The summed E-state index contributed by atoms with van der Waals surface area (Å²) >= 11 is 5.60. The zero-order valence-electron chi connectivity index (χ0n) is 10.8. The Labute approximate surface area is 120 Å². The predicted octanol–water partition coefficient (Wildman–Crippen LogP) is 3.92. The first-order valence-electron chi connectivity index (χ1n) is 6.08. The number of hydrogen-bond acceptors (Lipinski definition) is 3. The molecule has 0 aliphatic heterocycles. The molecule has 0 radical (unpaired) electrons. The van der Waals surface area contributed by atoms with Gasteiger partial charge < -0.3 is 10.1 Å². The van der Waals surface area contributed by atoms with E-state index >= 15 is 0 Å². The summed E-state index contributed by atoms with van der Waals surface area (Å²) in [4.78, 5) is 3.89. The highest BCUT2D eigenvalue weighted by Crippen LogP contribution is 2.26. The van der Waals surface area contributed by atoms with Gasteiger partial charge in [0.05, 0.1) is 11.2 Å². The number of nitrogens with zero attached hydrogens (tertiary/aromatic N) is 1. The molecule has 0 amide bonds. The predicted molar refractivity (Wildman–Crippen MR) is 73.1 cm³/mol. The van der Waals surface area contributed by atoms with Gasteiger partial charge in [-0.05, 0) is 24.7 Å². The number of halogens is 3. The van der Waals surface area contributed by atoms with E-state index in [1.165, 1.54) is 18.2 Å². The van der Waals surface area contributed by atoms with Gasteiger partial charge >= 0.3 is 0 Å². The number of pyridine rings is 1. The molecule has 0 aliphatic rings. The highest BCUT2D eigenvalue weighted by molar-refractivity contribution is 6.30. The van der Waals surface area contributed by atoms with Crippen molar-refractivity contribution in [1.29, 1.82) is 0 Å². The van der Waals surface area contributed by atoms with Crippen molar-refractivity contribution in [2.75, 3.05) is 6.54 Å². The van der Waals surface area contributed by atoms with E-state index in [9.17, 15) is 8.78 Å². The Hall–Kier alpha value is -1.72. The van der Waals surface area contributed by atoms with Crippen molar-refractivity contribution in [3.05, 3.63) is 52.7 Å². The molecule has 106 valence electrons. The molecule has 1 heterocycles. The van der Waals surface area contributed by atoms with Gasteiger partial charge in [-0.1, -0.05) is 18.5 Å². The van der Waals surface area contributed by atoms with Crippen molar-refractivity contribution < 1.29 is 13.5 Å². The quantitative estimate of drug-likeness (QED) is 0.908. The van der Waals surface area contributed by atoms with Gasteiger partial charge in [0.2, 0.25) is 5.88 Å². The normalized spacial score (nSPS) is 10.6. The summed E-state index contributed by atoms with van der Waals surface area (Å²) in [6, 6.07) is 5.40. The minimum absolute atomic E-state index is 0.0114. The maximum Gasteiger partial charge on any atom is 0.223 e. The van der Waals surface area contributed by atoms with E-state index in [0.717, 1.165) is 18.8 Å². The Morgan fingerprint density at radius 3 is 2.80 bits per heavy atom. The zero-order valence-corrected chi connectivity index (χ0v) is 11.5. The van der Waals surface area contributed by atoms with E-state index in [1.807, 2.05) is 6.92 Å². The third-order valence-electron chi connectivity index (χ3n) is 2.56. The molecule has 0 bridgehead atoms. The molecule has 0 saturated heterocycles. The fraction of sp³-hybridized carbons (Fsp3) is 0.214. The van der Waals surface area contributed by atoms with E-state index in [4.69, 9.17) is 16.3 Å². The molecule has 2 aromatic rings. The summed E-state index contributed by atoms with van der Waals surface area (Å²) < 4.78 is 32.0. The van der Waals surface area contributed by atoms with Crippen LogP contribution in [0.4, 0.5) is 8.78 Å². The van der Waals surface area contributed by atoms with Crippen LogP contribution in [0.5, 0.6) is 11.6 Å². The van der Waals surface area contributed by atoms with Crippen LogP contribution in [-0.4, -0.2) is 11.5 Å². The van der Waals surface area contributed by atoms with Gasteiger partial charge in [-0.3, -0.25) is 0 Å². The van der Waals surface area contributed by atoms with Crippen molar-refractivity contribution in [3.63, 3.8) is 0 Å². The largest absolute Gasteiger partial charge is 0.439 e.